The van der Waals surface area contributed by atoms with Crippen LogP contribution >= 0.6 is 0 Å². The summed E-state index contributed by atoms with van der Waals surface area (Å²) in [5.41, 5.74) is 6.27. The first-order valence-corrected chi connectivity index (χ1v) is 37.2. The molecule has 23 nitrogen and oxygen atoms in total. The van der Waals surface area contributed by atoms with Crippen molar-refractivity contribution in [3.63, 3.8) is 0 Å². The molecule has 106 heavy (non-hydrogen) atoms. The van der Waals surface area contributed by atoms with E-state index in [0.29, 0.717) is 37.1 Å². The summed E-state index contributed by atoms with van der Waals surface area (Å²) >= 11 is 0. The first kappa shape index (κ1) is 88.5. The monoisotopic (exact) mass is 1490 g/mol. The summed E-state index contributed by atoms with van der Waals surface area (Å²) in [5.74, 6) is -17.5. The van der Waals surface area contributed by atoms with Crippen LogP contribution in [-0.4, -0.2) is 182 Å². The van der Waals surface area contributed by atoms with Gasteiger partial charge in [0.15, 0.2) is 29.0 Å². The zero-order chi connectivity index (χ0) is 79.1. The number of nitrogens with zero attached hydrogens (tertiary/aromatic N) is 4. The maximum absolute atomic E-state index is 14.7. The Balaban J connectivity index is 1.20. The largest absolute Gasteiger partial charge is 0.420 e. The van der Waals surface area contributed by atoms with Gasteiger partial charge in [-0.05, 0) is 120 Å². The van der Waals surface area contributed by atoms with Crippen LogP contribution in [0.25, 0.3) is 0 Å². The Morgan fingerprint density at radius 2 is 1.32 bits per heavy atom. The average molecular weight is 1490 g/mol. The Morgan fingerprint density at radius 3 is 1.90 bits per heavy atom. The number of anilines is 1. The van der Waals surface area contributed by atoms with Crippen LogP contribution in [0.3, 0.4) is 0 Å². The molecule has 2 fully saturated rings. The normalized spacial score (nSPS) is 18.2. The van der Waals surface area contributed by atoms with E-state index in [-0.39, 0.29) is 143 Å². The number of piperidine rings is 1. The highest BCUT2D eigenvalue weighted by Gasteiger charge is 2.45. The van der Waals surface area contributed by atoms with Crippen molar-refractivity contribution in [2.75, 3.05) is 60.3 Å². The van der Waals surface area contributed by atoms with Crippen LogP contribution in [0.5, 0.6) is 5.75 Å². The van der Waals surface area contributed by atoms with Gasteiger partial charge in [-0.15, -0.1) is 0 Å². The lowest BCUT2D eigenvalue weighted by Gasteiger charge is -2.41. The van der Waals surface area contributed by atoms with Gasteiger partial charge >= 0.3 is 12.0 Å². The molecule has 0 radical (unpaired) electrons. The summed E-state index contributed by atoms with van der Waals surface area (Å²) in [6.07, 6.45) is 0.0349. The smallest absolute Gasteiger partial charge is 0.314 e. The molecule has 0 aliphatic carbocycles. The Bertz CT molecular complexity index is 3470. The fourth-order valence-electron chi connectivity index (χ4n) is 14.9. The summed E-state index contributed by atoms with van der Waals surface area (Å²) in [7, 11) is 8.53. The highest BCUT2D eigenvalue weighted by atomic mass is 19.2. The van der Waals surface area contributed by atoms with Crippen molar-refractivity contribution in [3.8, 4) is 5.75 Å². The van der Waals surface area contributed by atoms with E-state index in [2.05, 4.69) is 21.3 Å². The van der Waals surface area contributed by atoms with Gasteiger partial charge in [0.2, 0.25) is 47.0 Å². The van der Waals surface area contributed by atoms with E-state index in [1.165, 1.54) is 19.1 Å². The molecule has 8 amide bonds. The predicted octanol–water partition coefficient (Wildman–Crippen LogP) is 9.84. The van der Waals surface area contributed by atoms with Crippen molar-refractivity contribution in [3.05, 3.63) is 94.6 Å². The molecule has 5 rings (SSSR count). The molecule has 2 saturated heterocycles. The van der Waals surface area contributed by atoms with Crippen LogP contribution in [-0.2, 0) is 70.4 Å². The number of likely N-dealkylation sites (tertiary alicyclic amines) is 2. The minimum Gasteiger partial charge on any atom is -0.420 e. The maximum atomic E-state index is 14.7. The number of benzene rings is 3. The lowest BCUT2D eigenvalue weighted by molar-refractivity contribution is -0.149. The Hall–Kier alpha value is -8.17. The van der Waals surface area contributed by atoms with Gasteiger partial charge in [0.25, 0.3) is 0 Å². The number of Topliss-reactive ketones (excluding diaryl/α,β-unsaturated/α-hetero) is 3. The summed E-state index contributed by atoms with van der Waals surface area (Å²) in [6, 6.07) is 12.2. The van der Waals surface area contributed by atoms with Gasteiger partial charge in [0.05, 0.1) is 48.7 Å². The molecular weight excluding hydrogens is 1370 g/mol. The zero-order valence-corrected chi connectivity index (χ0v) is 64.8. The number of urea groups is 1. The van der Waals surface area contributed by atoms with Gasteiger partial charge in [0, 0.05) is 121 Å². The number of nitrogens with two attached hydrogens (primary N) is 1. The van der Waals surface area contributed by atoms with E-state index in [0.717, 1.165) is 12.5 Å². The maximum Gasteiger partial charge on any atom is 0.314 e. The molecule has 13 atom stereocenters. The number of carbonyl (C=O) groups excluding carboxylic acids is 11. The Morgan fingerprint density at radius 1 is 0.670 bits per heavy atom. The molecule has 0 saturated carbocycles. The third-order valence-corrected chi connectivity index (χ3v) is 21.2. The topological polar surface area (TPSA) is 303 Å². The molecular formula is C79H115F4N9O14. The molecule has 0 spiro atoms. The molecule has 588 valence electrons. The number of ether oxygens (including phenoxy) is 3. The number of halogens is 4. The molecule has 2 unspecified atom stereocenters. The number of hydrogen-bond acceptors (Lipinski definition) is 15. The van der Waals surface area contributed by atoms with Crippen LogP contribution in [0, 0.1) is 83.5 Å². The average Bonchev–Trinajstić information content (AvgIpc) is 0.894. The van der Waals surface area contributed by atoms with Crippen LogP contribution in [0.15, 0.2) is 54.6 Å². The third kappa shape index (κ3) is 24.4. The van der Waals surface area contributed by atoms with Crippen molar-refractivity contribution >= 4 is 70.5 Å². The number of ketones is 3. The lowest BCUT2D eigenvalue weighted by Crippen LogP contribution is -2.54. The fourth-order valence-corrected chi connectivity index (χ4v) is 14.9. The van der Waals surface area contributed by atoms with Crippen molar-refractivity contribution in [2.45, 2.75) is 215 Å². The first-order valence-electron chi connectivity index (χ1n) is 37.2. The van der Waals surface area contributed by atoms with Crippen molar-refractivity contribution in [2.24, 2.45) is 59.0 Å². The molecule has 2 heterocycles. The number of hydrogen-bond donors (Lipinski definition) is 5. The quantitative estimate of drug-likeness (QED) is 0.00881. The number of esters is 1. The van der Waals surface area contributed by atoms with Crippen molar-refractivity contribution < 1.29 is 84.5 Å². The number of rotatable bonds is 41. The zero-order valence-electron chi connectivity index (χ0n) is 64.8. The van der Waals surface area contributed by atoms with Gasteiger partial charge < -0.3 is 55.9 Å². The van der Waals surface area contributed by atoms with Crippen molar-refractivity contribution in [1.29, 1.82) is 0 Å². The fraction of sp³-hybridized carbons (Fsp3) is 0.633. The van der Waals surface area contributed by atoms with E-state index in [9.17, 15) is 70.3 Å². The van der Waals surface area contributed by atoms with Crippen LogP contribution in [0.2, 0.25) is 0 Å². The summed E-state index contributed by atoms with van der Waals surface area (Å²) in [6.45, 7) is 20.2. The van der Waals surface area contributed by atoms with Gasteiger partial charge in [0.1, 0.15) is 5.78 Å². The standard InChI is InChI=1S/C79H115F4N9O14/c1-17-47(8)72(90(14)77(101)57(44(2)3)41-61(95)71(46(6)7)89(12)13)62(104-15)42-65(98)92-35-22-26-58(92)73(105-16)49(10)59(93)40-55(38-51-23-19-18-20-24-51)75(99)86-43-52-27-29-56(30-28-52)87-76(100)53(25-21-34-85-79(84)103)39-60(94)70(45(4)5)88-63(96)31-32-64(97)91-36-33-54(37-48(91)9)78(102)106-74-67(81)50(11)66(80)68(82)69(74)83/h18-20,23-24,27-30,44-49,53-55,57-58,62,70-73H,17,21-22,25-26,31-43H2,1-16H3,(H,86,99)(H,87,100)(H,88,96)(H3,84,85,103)/t47-,48?,49-,53+,54?,55+,57-,58-,62+,70-,71-,72-,73+/m0/s1. The predicted molar refractivity (Wildman–Crippen MR) is 393 cm³/mol. The summed E-state index contributed by atoms with van der Waals surface area (Å²) in [5, 5.41) is 11.1. The molecule has 27 heteroatoms. The first-order chi connectivity index (χ1) is 50.0. The third-order valence-electron chi connectivity index (χ3n) is 21.2. The minimum absolute atomic E-state index is 0.000238. The summed E-state index contributed by atoms with van der Waals surface area (Å²) < 4.78 is 74.1. The minimum atomic E-state index is -1.99. The number of likely N-dealkylation sites (N-methyl/N-ethyl adjacent to an activating group) is 2. The summed E-state index contributed by atoms with van der Waals surface area (Å²) in [4.78, 5) is 158. The molecule has 2 aliphatic heterocycles. The number of carbonyl (C=O) groups is 11. The second-order valence-corrected chi connectivity index (χ2v) is 30.1. The second-order valence-electron chi connectivity index (χ2n) is 30.1. The van der Waals surface area contributed by atoms with Crippen LogP contribution in [0.4, 0.5) is 28.0 Å². The van der Waals surface area contributed by atoms with Gasteiger partial charge in [-0.2, -0.15) is 4.39 Å². The van der Waals surface area contributed by atoms with E-state index >= 15 is 0 Å². The molecule has 0 bridgehead atoms. The van der Waals surface area contributed by atoms with Gasteiger partial charge in [-0.3, -0.25) is 52.8 Å². The number of methoxy groups -OCH3 is 2. The number of nitrogens with one attached hydrogen (secondary N) is 4. The second kappa shape index (κ2) is 41.8. The van der Waals surface area contributed by atoms with Crippen LogP contribution < -0.4 is 31.7 Å². The van der Waals surface area contributed by atoms with Gasteiger partial charge in [-0.1, -0.05) is 111 Å². The van der Waals surface area contributed by atoms with E-state index in [4.69, 9.17) is 19.9 Å². The highest BCUT2D eigenvalue weighted by molar-refractivity contribution is 5.98. The van der Waals surface area contributed by atoms with E-state index in [1.54, 1.807) is 68.8 Å². The van der Waals surface area contributed by atoms with E-state index in [1.807, 2.05) is 90.9 Å². The number of primary amides is 1. The number of amides is 8. The highest BCUT2D eigenvalue weighted by Crippen LogP contribution is 2.35. The molecule has 3 aromatic rings. The lowest BCUT2D eigenvalue weighted by atomic mass is 9.83. The molecule has 3 aromatic carbocycles. The Labute approximate surface area is 622 Å². The Kier molecular flexibility index (Phi) is 34.9. The van der Waals surface area contributed by atoms with E-state index < -0.39 is 142 Å². The van der Waals surface area contributed by atoms with Crippen molar-refractivity contribution in [1.82, 2.24) is 35.6 Å². The van der Waals surface area contributed by atoms with Gasteiger partial charge in [-0.25, -0.2) is 18.0 Å². The molecule has 2 aliphatic rings. The van der Waals surface area contributed by atoms with Crippen LogP contribution in [0.1, 0.15) is 169 Å². The molecule has 0 aromatic heterocycles. The SMILES string of the molecule is CC[C@H](C)[C@@H]([C@@H](CC(=O)N1CCC[C@H]1[C@H](OC)[C@@H](C)C(=O)C[C@@H](Cc1ccccc1)C(=O)NCc1ccc(NC(=O)[C@H](CCCNC(N)=O)CC(=O)[C@@H](NC(=O)CCC(=O)N2CCC(C(=O)Oc3c(F)c(C)c(F)c(F)c3F)CC2C)C(C)C)cc1)OC)N(C)C(=O)[C@@H](CC(=O)[C@H](C(C)C)N(C)C)C(C)C. The molecule has 6 N–H and O–H groups in total.